The molecule has 0 N–H and O–H groups in total. The second-order valence-electron chi connectivity index (χ2n) is 7.75. The zero-order valence-corrected chi connectivity index (χ0v) is 22.4. The fourth-order valence-corrected chi connectivity index (χ4v) is 4.29. The number of aryl methyl sites for hydroxylation is 1. The molecule has 0 radical (unpaired) electrons. The second kappa shape index (κ2) is 11.3. The summed E-state index contributed by atoms with van der Waals surface area (Å²) in [5, 5.41) is 5.76. The number of halogens is 3. The summed E-state index contributed by atoms with van der Waals surface area (Å²) in [6.07, 6.45) is 4.21. The number of rotatable bonds is 8. The number of hydrogen-bond donors (Lipinski definition) is 0. The third-order valence-electron chi connectivity index (χ3n) is 5.22. The van der Waals surface area contributed by atoms with Crippen LogP contribution in [0, 0.1) is 0 Å². The predicted molar refractivity (Wildman–Crippen MR) is 145 cm³/mol. The van der Waals surface area contributed by atoms with E-state index in [2.05, 4.69) is 43.9 Å². The summed E-state index contributed by atoms with van der Waals surface area (Å²) in [5.74, 6) is 1.29. The van der Waals surface area contributed by atoms with Gasteiger partial charge in [0.05, 0.1) is 17.1 Å². The number of fused-ring (bicyclic) bond motifs is 1. The standard InChI is InChI=1S/C26H22Br2ClN3O2/c1-2-3-4-25-31-23-11-7-20(28)14-22(23)26(33)32(25)30-15-18-13-19(27)8-12-24(18)34-16-17-5-9-21(29)10-6-17/h5-15H,2-4,16H2,1H3. The Morgan fingerprint density at radius 3 is 2.56 bits per heavy atom. The molecule has 0 bridgehead atoms. The molecule has 0 aliphatic rings. The number of benzene rings is 3. The van der Waals surface area contributed by atoms with Crippen molar-refractivity contribution in [3.8, 4) is 5.75 Å². The van der Waals surface area contributed by atoms with Gasteiger partial charge >= 0.3 is 0 Å². The van der Waals surface area contributed by atoms with Crippen LogP contribution in [0.15, 0.2) is 79.5 Å². The van der Waals surface area contributed by atoms with Crippen LogP contribution in [0.3, 0.4) is 0 Å². The summed E-state index contributed by atoms with van der Waals surface area (Å²) in [5.41, 5.74) is 2.20. The van der Waals surface area contributed by atoms with Crippen LogP contribution in [-0.4, -0.2) is 15.9 Å². The van der Waals surface area contributed by atoms with Gasteiger partial charge in [-0.25, -0.2) is 4.98 Å². The molecule has 4 aromatic rings. The van der Waals surface area contributed by atoms with Crippen molar-refractivity contribution < 1.29 is 4.74 Å². The molecule has 34 heavy (non-hydrogen) atoms. The maximum atomic E-state index is 13.3. The van der Waals surface area contributed by atoms with E-state index in [1.54, 1.807) is 12.3 Å². The monoisotopic (exact) mass is 601 g/mol. The van der Waals surface area contributed by atoms with Crippen molar-refractivity contribution in [2.75, 3.05) is 0 Å². The maximum absolute atomic E-state index is 13.3. The molecule has 1 heterocycles. The lowest BCUT2D eigenvalue weighted by Crippen LogP contribution is -2.22. The van der Waals surface area contributed by atoms with Gasteiger partial charge in [0.15, 0.2) is 0 Å². The third-order valence-corrected chi connectivity index (χ3v) is 6.46. The van der Waals surface area contributed by atoms with E-state index in [1.165, 1.54) is 4.68 Å². The highest BCUT2D eigenvalue weighted by Gasteiger charge is 2.11. The first-order chi connectivity index (χ1) is 16.4. The molecule has 0 fully saturated rings. The van der Waals surface area contributed by atoms with Crippen molar-refractivity contribution in [3.63, 3.8) is 0 Å². The van der Waals surface area contributed by atoms with E-state index in [-0.39, 0.29) is 5.56 Å². The highest BCUT2D eigenvalue weighted by atomic mass is 79.9. The highest BCUT2D eigenvalue weighted by Crippen LogP contribution is 2.24. The molecule has 4 rings (SSSR count). The largest absolute Gasteiger partial charge is 0.488 e. The molecule has 0 aliphatic heterocycles. The summed E-state index contributed by atoms with van der Waals surface area (Å²) in [4.78, 5) is 18.0. The summed E-state index contributed by atoms with van der Waals surface area (Å²) in [7, 11) is 0. The predicted octanol–water partition coefficient (Wildman–Crippen LogP) is 7.38. The molecule has 0 saturated carbocycles. The van der Waals surface area contributed by atoms with E-state index < -0.39 is 0 Å². The lowest BCUT2D eigenvalue weighted by atomic mass is 10.2. The SMILES string of the molecule is CCCCc1nc2ccc(Br)cc2c(=O)n1N=Cc1cc(Br)ccc1OCc1ccc(Cl)cc1. The van der Waals surface area contributed by atoms with Gasteiger partial charge in [-0.3, -0.25) is 4.79 Å². The van der Waals surface area contributed by atoms with Crippen LogP contribution < -0.4 is 10.3 Å². The van der Waals surface area contributed by atoms with Gasteiger partial charge < -0.3 is 4.74 Å². The topological polar surface area (TPSA) is 56.5 Å². The molecular weight excluding hydrogens is 582 g/mol. The smallest absolute Gasteiger partial charge is 0.282 e. The Labute approximate surface area is 219 Å². The van der Waals surface area contributed by atoms with Crippen molar-refractivity contribution in [2.45, 2.75) is 32.8 Å². The Kier molecular flexibility index (Phi) is 8.19. The van der Waals surface area contributed by atoms with Gasteiger partial charge in [0.25, 0.3) is 5.56 Å². The lowest BCUT2D eigenvalue weighted by Gasteiger charge is -2.11. The summed E-state index contributed by atoms with van der Waals surface area (Å²) in [6.45, 7) is 2.49. The normalized spacial score (nSPS) is 11.4. The molecule has 174 valence electrons. The Balaban J connectivity index is 1.70. The van der Waals surface area contributed by atoms with Gasteiger partial charge in [-0.15, -0.1) is 0 Å². The van der Waals surface area contributed by atoms with Crippen LogP contribution in [0.5, 0.6) is 5.75 Å². The van der Waals surface area contributed by atoms with Gasteiger partial charge in [-0.2, -0.15) is 9.78 Å². The van der Waals surface area contributed by atoms with Crippen LogP contribution in [0.4, 0.5) is 0 Å². The average Bonchev–Trinajstić information content (AvgIpc) is 2.83. The van der Waals surface area contributed by atoms with Gasteiger partial charge in [0.2, 0.25) is 0 Å². The highest BCUT2D eigenvalue weighted by molar-refractivity contribution is 9.10. The van der Waals surface area contributed by atoms with Crippen molar-refractivity contribution in [1.82, 2.24) is 9.66 Å². The summed E-state index contributed by atoms with van der Waals surface area (Å²) < 4.78 is 9.15. The minimum absolute atomic E-state index is 0.202. The lowest BCUT2D eigenvalue weighted by molar-refractivity contribution is 0.305. The van der Waals surface area contributed by atoms with Crippen LogP contribution >= 0.6 is 43.5 Å². The molecule has 5 nitrogen and oxygen atoms in total. The quantitative estimate of drug-likeness (QED) is 0.198. The molecule has 0 atom stereocenters. The van der Waals surface area contributed by atoms with E-state index in [9.17, 15) is 4.79 Å². The Hall–Kier alpha value is -2.48. The number of hydrogen-bond acceptors (Lipinski definition) is 4. The molecule has 1 aromatic heterocycles. The molecular formula is C26H22Br2ClN3O2. The Bertz CT molecular complexity index is 1400. The van der Waals surface area contributed by atoms with Crippen molar-refractivity contribution >= 4 is 60.6 Å². The second-order valence-corrected chi connectivity index (χ2v) is 10.0. The molecule has 0 amide bonds. The van der Waals surface area contributed by atoms with E-state index in [4.69, 9.17) is 21.3 Å². The molecule has 3 aromatic carbocycles. The van der Waals surface area contributed by atoms with Gasteiger partial charge in [-0.05, 0) is 60.5 Å². The Morgan fingerprint density at radius 1 is 1.06 bits per heavy atom. The average molecular weight is 604 g/mol. The third kappa shape index (κ3) is 5.95. The first kappa shape index (κ1) is 24.6. The van der Waals surface area contributed by atoms with Crippen molar-refractivity contribution in [3.05, 3.63) is 102 Å². The zero-order valence-electron chi connectivity index (χ0n) is 18.5. The van der Waals surface area contributed by atoms with E-state index in [1.807, 2.05) is 54.6 Å². The van der Waals surface area contributed by atoms with Crippen molar-refractivity contribution in [1.29, 1.82) is 0 Å². The van der Waals surface area contributed by atoms with Crippen LogP contribution in [-0.2, 0) is 13.0 Å². The fourth-order valence-electron chi connectivity index (χ4n) is 3.42. The molecule has 8 heteroatoms. The van der Waals surface area contributed by atoms with Crippen molar-refractivity contribution in [2.24, 2.45) is 5.10 Å². The number of nitrogens with zero attached hydrogens (tertiary/aromatic N) is 3. The minimum atomic E-state index is -0.202. The number of ether oxygens (including phenoxy) is 1. The first-order valence-corrected chi connectivity index (χ1v) is 12.8. The molecule has 0 aliphatic carbocycles. The van der Waals surface area contributed by atoms with E-state index in [0.717, 1.165) is 32.9 Å². The van der Waals surface area contributed by atoms with Crippen LogP contribution in [0.2, 0.25) is 5.02 Å². The first-order valence-electron chi connectivity index (χ1n) is 10.9. The molecule has 0 unspecified atom stereocenters. The Morgan fingerprint density at radius 2 is 1.79 bits per heavy atom. The number of aromatic nitrogens is 2. The fraction of sp³-hybridized carbons (Fsp3) is 0.192. The molecule has 0 saturated heterocycles. The summed E-state index contributed by atoms with van der Waals surface area (Å²) in [6, 6.07) is 18.7. The summed E-state index contributed by atoms with van der Waals surface area (Å²) >= 11 is 12.9. The minimum Gasteiger partial charge on any atom is -0.488 e. The van der Waals surface area contributed by atoms with Crippen LogP contribution in [0.1, 0.15) is 36.7 Å². The number of unbranched alkanes of at least 4 members (excludes halogenated alkanes) is 1. The van der Waals surface area contributed by atoms with Crippen LogP contribution in [0.25, 0.3) is 10.9 Å². The maximum Gasteiger partial charge on any atom is 0.282 e. The van der Waals surface area contributed by atoms with E-state index in [0.29, 0.717) is 40.5 Å². The van der Waals surface area contributed by atoms with Gasteiger partial charge in [0, 0.05) is 26.0 Å². The van der Waals surface area contributed by atoms with Gasteiger partial charge in [-0.1, -0.05) is 68.9 Å². The van der Waals surface area contributed by atoms with Gasteiger partial charge in [0.1, 0.15) is 18.2 Å². The zero-order chi connectivity index (χ0) is 24.1. The molecule has 0 spiro atoms. The van der Waals surface area contributed by atoms with E-state index >= 15 is 0 Å².